The van der Waals surface area contributed by atoms with Crippen LogP contribution in [0.5, 0.6) is 11.5 Å². The highest BCUT2D eigenvalue weighted by Crippen LogP contribution is 2.37. The summed E-state index contributed by atoms with van der Waals surface area (Å²) in [5, 5.41) is 9.50. The molecule has 1 fully saturated rings. The average molecular weight is 529 g/mol. The number of fused-ring (bicyclic) bond motifs is 1. The first-order valence-electron chi connectivity index (χ1n) is 11.4. The zero-order chi connectivity index (χ0) is 24.4. The molecule has 181 valence electrons. The maximum absolute atomic E-state index is 6.14. The number of benzene rings is 2. The molecule has 1 radical (unpaired) electrons. The second-order valence-electron chi connectivity index (χ2n) is 8.18. The Labute approximate surface area is 218 Å². The quantitative estimate of drug-likeness (QED) is 0.253. The lowest BCUT2D eigenvalue weighted by Gasteiger charge is -2.20. The highest BCUT2D eigenvalue weighted by molar-refractivity contribution is 7.09. The number of hydrogen-bond donors (Lipinski definition) is 0. The number of ether oxygens (including phenoxy) is 2. The Morgan fingerprint density at radius 2 is 2.03 bits per heavy atom. The standard InChI is InChI=1S/C25H24Cl2N5O2S/c1-3-32-8-4-5-21(32)25-31-16(13-35-25)12-34-23-11-20-17(10-22(23)33-2)24(29-14-28-20)30-15-6-7-18(26)19(27)9-15/h6-7,9-11,13-14,21H,3-5,8,12H2,1-2H3/t21-/m0/s1. The van der Waals surface area contributed by atoms with Gasteiger partial charge in [0.05, 0.1) is 40.1 Å². The largest absolute Gasteiger partial charge is 0.493 e. The molecule has 1 aliphatic heterocycles. The second-order valence-corrected chi connectivity index (χ2v) is 9.88. The van der Waals surface area contributed by atoms with Crippen LogP contribution in [0.15, 0.2) is 42.0 Å². The van der Waals surface area contributed by atoms with Crippen molar-refractivity contribution in [3.05, 3.63) is 62.8 Å². The fourth-order valence-electron chi connectivity index (χ4n) is 4.27. The number of aromatic nitrogens is 3. The normalized spacial score (nSPS) is 16.1. The molecule has 1 aliphatic rings. The molecule has 5 rings (SSSR count). The molecule has 10 heteroatoms. The van der Waals surface area contributed by atoms with Crippen LogP contribution in [0.4, 0.5) is 11.5 Å². The molecule has 3 heterocycles. The van der Waals surface area contributed by atoms with Crippen molar-refractivity contribution < 1.29 is 9.47 Å². The Morgan fingerprint density at radius 1 is 1.14 bits per heavy atom. The molecule has 0 saturated carbocycles. The fraction of sp³-hybridized carbons (Fsp3) is 0.320. The number of thiazole rings is 1. The van der Waals surface area contributed by atoms with E-state index in [0.29, 0.717) is 51.2 Å². The first kappa shape index (κ1) is 24.1. The Balaban J connectivity index is 1.36. The van der Waals surface area contributed by atoms with Gasteiger partial charge in [0.15, 0.2) is 17.3 Å². The summed E-state index contributed by atoms with van der Waals surface area (Å²) in [6.07, 6.45) is 3.86. The first-order valence-corrected chi connectivity index (χ1v) is 13.0. The van der Waals surface area contributed by atoms with E-state index in [9.17, 15) is 0 Å². The number of hydrogen-bond acceptors (Lipinski definition) is 7. The molecule has 2 aromatic heterocycles. The van der Waals surface area contributed by atoms with Crippen LogP contribution in [0.1, 0.15) is 36.5 Å². The first-order chi connectivity index (χ1) is 17.1. The van der Waals surface area contributed by atoms with Crippen LogP contribution >= 0.6 is 34.5 Å². The van der Waals surface area contributed by atoms with Crippen molar-refractivity contribution in [3.63, 3.8) is 0 Å². The van der Waals surface area contributed by atoms with E-state index >= 15 is 0 Å². The maximum atomic E-state index is 6.14. The molecule has 0 N–H and O–H groups in total. The fourth-order valence-corrected chi connectivity index (χ4v) is 5.53. The van der Waals surface area contributed by atoms with E-state index in [0.717, 1.165) is 35.6 Å². The van der Waals surface area contributed by atoms with Crippen LogP contribution in [0.25, 0.3) is 10.9 Å². The van der Waals surface area contributed by atoms with E-state index in [2.05, 4.69) is 32.5 Å². The molecule has 0 unspecified atom stereocenters. The van der Waals surface area contributed by atoms with Gasteiger partial charge in [-0.15, -0.1) is 11.3 Å². The molecular weight excluding hydrogens is 505 g/mol. The summed E-state index contributed by atoms with van der Waals surface area (Å²) < 4.78 is 11.7. The summed E-state index contributed by atoms with van der Waals surface area (Å²) in [7, 11) is 1.61. The number of methoxy groups -OCH3 is 1. The predicted octanol–water partition coefficient (Wildman–Crippen LogP) is 6.71. The van der Waals surface area contributed by atoms with Crippen LogP contribution < -0.4 is 14.8 Å². The van der Waals surface area contributed by atoms with Crippen LogP contribution in [0.2, 0.25) is 10.0 Å². The number of halogens is 2. The highest BCUT2D eigenvalue weighted by atomic mass is 35.5. The van der Waals surface area contributed by atoms with Crippen molar-refractivity contribution in [1.82, 2.24) is 25.2 Å². The molecule has 2 aromatic carbocycles. The summed E-state index contributed by atoms with van der Waals surface area (Å²) in [6, 6.07) is 9.28. The number of likely N-dealkylation sites (tertiary alicyclic amines) is 1. The number of nitrogens with zero attached hydrogens (tertiary/aromatic N) is 5. The summed E-state index contributed by atoms with van der Waals surface area (Å²) in [4.78, 5) is 16.1. The van der Waals surface area contributed by atoms with Crippen LogP contribution in [0, 0.1) is 0 Å². The second kappa shape index (κ2) is 10.5. The summed E-state index contributed by atoms with van der Waals surface area (Å²) in [6.45, 7) is 4.74. The molecule has 0 aliphatic carbocycles. The highest BCUT2D eigenvalue weighted by Gasteiger charge is 2.27. The van der Waals surface area contributed by atoms with Crippen molar-refractivity contribution in [2.45, 2.75) is 32.4 Å². The Kier molecular flexibility index (Phi) is 7.24. The minimum atomic E-state index is 0.350. The number of rotatable bonds is 8. The molecule has 1 saturated heterocycles. The predicted molar refractivity (Wildman–Crippen MR) is 140 cm³/mol. The molecule has 0 bridgehead atoms. The minimum Gasteiger partial charge on any atom is -0.493 e. The summed E-state index contributed by atoms with van der Waals surface area (Å²) in [5.74, 6) is 1.66. The van der Waals surface area contributed by atoms with Crippen LogP contribution in [-0.2, 0) is 6.61 Å². The van der Waals surface area contributed by atoms with Gasteiger partial charge in [-0.2, -0.15) is 0 Å². The average Bonchev–Trinajstić information content (AvgIpc) is 3.54. The van der Waals surface area contributed by atoms with Gasteiger partial charge in [0, 0.05) is 16.8 Å². The maximum Gasteiger partial charge on any atom is 0.163 e. The van der Waals surface area contributed by atoms with Crippen molar-refractivity contribution in [1.29, 1.82) is 0 Å². The zero-order valence-corrected chi connectivity index (χ0v) is 21.7. The topological polar surface area (TPSA) is 74.5 Å². The van der Waals surface area contributed by atoms with Gasteiger partial charge in [0.2, 0.25) is 0 Å². The molecule has 1 atom stereocenters. The van der Waals surface area contributed by atoms with Gasteiger partial charge >= 0.3 is 0 Å². The van der Waals surface area contributed by atoms with Crippen LogP contribution in [-0.4, -0.2) is 40.1 Å². The molecule has 7 nitrogen and oxygen atoms in total. The van der Waals surface area contributed by atoms with Gasteiger partial charge < -0.3 is 9.47 Å². The lowest BCUT2D eigenvalue weighted by Crippen LogP contribution is -2.22. The third kappa shape index (κ3) is 5.16. The third-order valence-corrected chi connectivity index (χ3v) is 7.77. The van der Waals surface area contributed by atoms with E-state index in [4.69, 9.17) is 37.7 Å². The molecule has 35 heavy (non-hydrogen) atoms. The Hall–Kier alpha value is -2.65. The van der Waals surface area contributed by atoms with E-state index in [1.165, 1.54) is 12.7 Å². The van der Waals surface area contributed by atoms with Gasteiger partial charge in [0.1, 0.15) is 17.9 Å². The van der Waals surface area contributed by atoms with E-state index < -0.39 is 0 Å². The zero-order valence-electron chi connectivity index (χ0n) is 19.4. The molecule has 0 amide bonds. The van der Waals surface area contributed by atoms with Gasteiger partial charge in [0.25, 0.3) is 0 Å². The lowest BCUT2D eigenvalue weighted by atomic mass is 10.2. The van der Waals surface area contributed by atoms with Crippen molar-refractivity contribution in [3.8, 4) is 11.5 Å². The summed E-state index contributed by atoms with van der Waals surface area (Å²) >= 11 is 13.9. The van der Waals surface area contributed by atoms with Gasteiger partial charge in [-0.1, -0.05) is 30.1 Å². The smallest absolute Gasteiger partial charge is 0.163 e. The van der Waals surface area contributed by atoms with Gasteiger partial charge in [-0.25, -0.2) is 20.3 Å². The lowest BCUT2D eigenvalue weighted by molar-refractivity contribution is 0.267. The third-order valence-electron chi connectivity index (χ3n) is 6.04. The van der Waals surface area contributed by atoms with E-state index in [-0.39, 0.29) is 0 Å². The van der Waals surface area contributed by atoms with Crippen molar-refractivity contribution in [2.24, 2.45) is 0 Å². The van der Waals surface area contributed by atoms with Gasteiger partial charge in [-0.3, -0.25) is 4.90 Å². The van der Waals surface area contributed by atoms with Crippen molar-refractivity contribution in [2.75, 3.05) is 20.2 Å². The van der Waals surface area contributed by atoms with E-state index in [1.807, 2.05) is 12.1 Å². The molecule has 4 aromatic rings. The van der Waals surface area contributed by atoms with Crippen LogP contribution in [0.3, 0.4) is 0 Å². The van der Waals surface area contributed by atoms with Gasteiger partial charge in [-0.05, 0) is 50.2 Å². The minimum absolute atomic E-state index is 0.350. The Bertz CT molecular complexity index is 1350. The van der Waals surface area contributed by atoms with E-state index in [1.54, 1.807) is 36.6 Å². The molecule has 0 spiro atoms. The molecular formula is C25H24Cl2N5O2S. The SMILES string of the molecule is CCN1CCC[C@H]1c1nc(COc2cc3ncnc([N]c4ccc(Cl)c(Cl)c4)c3cc2OC)cs1. The summed E-state index contributed by atoms with van der Waals surface area (Å²) in [5.41, 5.74) is 2.24. The monoisotopic (exact) mass is 528 g/mol. The Morgan fingerprint density at radius 3 is 2.83 bits per heavy atom. The van der Waals surface area contributed by atoms with Crippen molar-refractivity contribution >= 4 is 56.9 Å².